The first-order valence-electron chi connectivity index (χ1n) is 9.15. The first kappa shape index (κ1) is 19.5. The Balaban J connectivity index is 1.33. The Morgan fingerprint density at radius 3 is 3.00 bits per heavy atom. The summed E-state index contributed by atoms with van der Waals surface area (Å²) in [6.45, 7) is 1.71. The van der Waals surface area contributed by atoms with Crippen molar-refractivity contribution in [2.75, 3.05) is 33.1 Å². The Bertz CT molecular complexity index is 915. The van der Waals surface area contributed by atoms with E-state index in [-0.39, 0.29) is 36.0 Å². The van der Waals surface area contributed by atoms with Gasteiger partial charge in [0.15, 0.2) is 11.5 Å². The number of ether oxygens (including phenoxy) is 4. The van der Waals surface area contributed by atoms with Gasteiger partial charge in [-0.05, 0) is 30.3 Å². The number of hydrogen-bond acceptors (Lipinski definition) is 5. The van der Waals surface area contributed by atoms with Crippen LogP contribution in [0.5, 0.6) is 17.2 Å². The molecular formula is C21H19ClFNO5. The lowest BCUT2D eigenvalue weighted by molar-refractivity contribution is -0.134. The summed E-state index contributed by atoms with van der Waals surface area (Å²) in [5.41, 5.74) is 0.193. The molecule has 2 aliphatic heterocycles. The van der Waals surface area contributed by atoms with Gasteiger partial charge >= 0.3 is 0 Å². The summed E-state index contributed by atoms with van der Waals surface area (Å²) >= 11 is 5.99. The maximum absolute atomic E-state index is 13.8. The van der Waals surface area contributed by atoms with Crippen LogP contribution in [0.3, 0.4) is 0 Å². The molecule has 1 saturated heterocycles. The Morgan fingerprint density at radius 1 is 1.28 bits per heavy atom. The summed E-state index contributed by atoms with van der Waals surface area (Å²) in [7, 11) is 0. The van der Waals surface area contributed by atoms with E-state index in [2.05, 4.69) is 0 Å². The standard InChI is InChI=1S/C21H19ClFNO5/c22-17-2-1-3-18(23)16(17)5-7-21(25)24-8-9-26-15(11-24)12-27-14-4-6-19-20(10-14)29-13-28-19/h1-7,10,15H,8-9,11-13H2. The van der Waals surface area contributed by atoms with Crippen LogP contribution in [0.1, 0.15) is 5.56 Å². The van der Waals surface area contributed by atoms with Gasteiger partial charge < -0.3 is 23.8 Å². The van der Waals surface area contributed by atoms with Gasteiger partial charge in [0.05, 0.1) is 18.2 Å². The fraction of sp³-hybridized carbons (Fsp3) is 0.286. The van der Waals surface area contributed by atoms with Crippen LogP contribution in [-0.2, 0) is 9.53 Å². The number of morpholine rings is 1. The fourth-order valence-electron chi connectivity index (χ4n) is 3.11. The molecule has 1 amide bonds. The van der Waals surface area contributed by atoms with Gasteiger partial charge in [0, 0.05) is 24.3 Å². The Labute approximate surface area is 172 Å². The van der Waals surface area contributed by atoms with Gasteiger partial charge in [0.1, 0.15) is 24.3 Å². The van der Waals surface area contributed by atoms with E-state index in [9.17, 15) is 9.18 Å². The number of fused-ring (bicyclic) bond motifs is 1. The summed E-state index contributed by atoms with van der Waals surface area (Å²) in [6.07, 6.45) is 2.45. The van der Waals surface area contributed by atoms with Crippen LogP contribution in [0.25, 0.3) is 6.08 Å². The van der Waals surface area contributed by atoms with E-state index in [0.717, 1.165) is 0 Å². The molecule has 152 valence electrons. The number of nitrogens with zero attached hydrogens (tertiary/aromatic N) is 1. The van der Waals surface area contributed by atoms with Crippen LogP contribution in [-0.4, -0.2) is 50.0 Å². The van der Waals surface area contributed by atoms with Crippen molar-refractivity contribution < 1.29 is 28.1 Å². The lowest BCUT2D eigenvalue weighted by Crippen LogP contribution is -2.47. The van der Waals surface area contributed by atoms with Crippen LogP contribution >= 0.6 is 11.6 Å². The molecule has 0 radical (unpaired) electrons. The second kappa shape index (κ2) is 8.71. The molecule has 0 saturated carbocycles. The van der Waals surface area contributed by atoms with Crippen molar-refractivity contribution in [3.63, 3.8) is 0 Å². The summed E-state index contributed by atoms with van der Waals surface area (Å²) in [4.78, 5) is 14.1. The summed E-state index contributed by atoms with van der Waals surface area (Å²) in [5, 5.41) is 0.256. The molecule has 0 aliphatic carbocycles. The third kappa shape index (κ3) is 4.63. The second-order valence-corrected chi connectivity index (χ2v) is 6.98. The number of carbonyl (C=O) groups is 1. The molecule has 6 nitrogen and oxygen atoms in total. The molecule has 2 aromatic rings. The molecule has 1 unspecified atom stereocenters. The monoisotopic (exact) mass is 419 g/mol. The van der Waals surface area contributed by atoms with Gasteiger partial charge in [0.2, 0.25) is 12.7 Å². The highest BCUT2D eigenvalue weighted by molar-refractivity contribution is 6.32. The van der Waals surface area contributed by atoms with Crippen LogP contribution in [0.15, 0.2) is 42.5 Å². The Kier molecular flexibility index (Phi) is 5.87. The van der Waals surface area contributed by atoms with E-state index in [1.165, 1.54) is 24.3 Å². The average molecular weight is 420 g/mol. The maximum atomic E-state index is 13.8. The molecular weight excluding hydrogens is 401 g/mol. The van der Waals surface area contributed by atoms with Crippen molar-refractivity contribution in [1.82, 2.24) is 4.90 Å². The second-order valence-electron chi connectivity index (χ2n) is 6.57. The first-order valence-corrected chi connectivity index (χ1v) is 9.53. The Hall–Kier alpha value is -2.77. The van der Waals surface area contributed by atoms with Crippen molar-refractivity contribution in [3.05, 3.63) is 58.9 Å². The highest BCUT2D eigenvalue weighted by atomic mass is 35.5. The maximum Gasteiger partial charge on any atom is 0.246 e. The zero-order valence-electron chi connectivity index (χ0n) is 15.5. The summed E-state index contributed by atoms with van der Waals surface area (Å²) in [6, 6.07) is 9.73. The molecule has 2 heterocycles. The molecule has 0 N–H and O–H groups in total. The number of benzene rings is 2. The first-order chi connectivity index (χ1) is 14.1. The van der Waals surface area contributed by atoms with E-state index >= 15 is 0 Å². The van der Waals surface area contributed by atoms with Gasteiger partial charge in [0.25, 0.3) is 0 Å². The number of carbonyl (C=O) groups excluding carboxylic acids is 1. The lowest BCUT2D eigenvalue weighted by atomic mass is 10.2. The molecule has 8 heteroatoms. The van der Waals surface area contributed by atoms with Crippen LogP contribution in [0.2, 0.25) is 5.02 Å². The predicted molar refractivity (Wildman–Crippen MR) is 105 cm³/mol. The van der Waals surface area contributed by atoms with E-state index in [1.807, 2.05) is 0 Å². The highest BCUT2D eigenvalue weighted by Gasteiger charge is 2.24. The van der Waals surface area contributed by atoms with Crippen molar-refractivity contribution in [1.29, 1.82) is 0 Å². The third-order valence-corrected chi connectivity index (χ3v) is 4.95. The lowest BCUT2D eigenvalue weighted by Gasteiger charge is -2.32. The van der Waals surface area contributed by atoms with E-state index in [0.29, 0.717) is 36.9 Å². The van der Waals surface area contributed by atoms with Crippen LogP contribution in [0.4, 0.5) is 4.39 Å². The van der Waals surface area contributed by atoms with Crippen molar-refractivity contribution in [3.8, 4) is 17.2 Å². The van der Waals surface area contributed by atoms with Gasteiger partial charge in [-0.1, -0.05) is 17.7 Å². The number of hydrogen-bond donors (Lipinski definition) is 0. The number of rotatable bonds is 5. The van der Waals surface area contributed by atoms with E-state index in [1.54, 1.807) is 29.2 Å². The molecule has 29 heavy (non-hydrogen) atoms. The third-order valence-electron chi connectivity index (χ3n) is 4.62. The van der Waals surface area contributed by atoms with Crippen molar-refractivity contribution in [2.24, 2.45) is 0 Å². The molecule has 0 aromatic heterocycles. The zero-order valence-corrected chi connectivity index (χ0v) is 16.2. The predicted octanol–water partition coefficient (Wildman–Crippen LogP) is 3.53. The molecule has 0 spiro atoms. The molecule has 1 fully saturated rings. The molecule has 2 aromatic carbocycles. The smallest absolute Gasteiger partial charge is 0.246 e. The molecule has 4 rings (SSSR count). The zero-order chi connectivity index (χ0) is 20.2. The van der Waals surface area contributed by atoms with Gasteiger partial charge in [-0.15, -0.1) is 0 Å². The molecule has 1 atom stereocenters. The number of halogens is 2. The molecule has 2 aliphatic rings. The SMILES string of the molecule is O=C(C=Cc1c(F)cccc1Cl)N1CCOC(COc2ccc3c(c2)OCO3)C1. The molecule has 0 bridgehead atoms. The minimum atomic E-state index is -0.474. The normalized spacial score (nSPS) is 18.3. The number of amides is 1. The Morgan fingerprint density at radius 2 is 2.14 bits per heavy atom. The quantitative estimate of drug-likeness (QED) is 0.694. The summed E-state index contributed by atoms with van der Waals surface area (Å²) < 4.78 is 35.9. The summed E-state index contributed by atoms with van der Waals surface area (Å²) in [5.74, 6) is 1.25. The minimum absolute atomic E-state index is 0.193. The van der Waals surface area contributed by atoms with E-state index in [4.69, 9.17) is 30.5 Å². The van der Waals surface area contributed by atoms with E-state index < -0.39 is 5.82 Å². The largest absolute Gasteiger partial charge is 0.491 e. The van der Waals surface area contributed by atoms with Crippen LogP contribution < -0.4 is 14.2 Å². The average Bonchev–Trinajstić information content (AvgIpc) is 3.20. The van der Waals surface area contributed by atoms with Crippen molar-refractivity contribution >= 4 is 23.6 Å². The highest BCUT2D eigenvalue weighted by Crippen LogP contribution is 2.35. The van der Waals surface area contributed by atoms with Crippen molar-refractivity contribution in [2.45, 2.75) is 6.10 Å². The topological polar surface area (TPSA) is 57.2 Å². The fourth-order valence-corrected chi connectivity index (χ4v) is 3.33. The van der Waals surface area contributed by atoms with Gasteiger partial charge in [-0.2, -0.15) is 0 Å². The van der Waals surface area contributed by atoms with Crippen LogP contribution in [0, 0.1) is 5.82 Å². The van der Waals surface area contributed by atoms with Gasteiger partial charge in [-0.25, -0.2) is 4.39 Å². The minimum Gasteiger partial charge on any atom is -0.491 e. The van der Waals surface area contributed by atoms with Gasteiger partial charge in [-0.3, -0.25) is 4.79 Å².